The number of nitrogens with one attached hydrogen (secondary N) is 1. The number of hydrogen-bond acceptors (Lipinski definition) is 4. The highest BCUT2D eigenvalue weighted by Gasteiger charge is 2.26. The molecule has 1 amide bonds. The van der Waals surface area contributed by atoms with Gasteiger partial charge in [0.05, 0.1) is 11.0 Å². The number of fused-ring (bicyclic) bond motifs is 1. The lowest BCUT2D eigenvalue weighted by Crippen LogP contribution is -2.30. The summed E-state index contributed by atoms with van der Waals surface area (Å²) < 4.78 is 0. The maximum absolute atomic E-state index is 12.5. The first-order valence-electron chi connectivity index (χ1n) is 6.92. The van der Waals surface area contributed by atoms with Gasteiger partial charge in [0.1, 0.15) is 0 Å². The molecule has 5 nitrogen and oxygen atoms in total. The van der Waals surface area contributed by atoms with Crippen molar-refractivity contribution in [3.8, 4) is 0 Å². The summed E-state index contributed by atoms with van der Waals surface area (Å²) in [5, 5.41) is 3.18. The van der Waals surface area contributed by atoms with Crippen LogP contribution >= 0.6 is 0 Å². The molecule has 1 unspecified atom stereocenters. The van der Waals surface area contributed by atoms with E-state index in [2.05, 4.69) is 15.3 Å². The lowest BCUT2D eigenvalue weighted by Gasteiger charge is -2.16. The summed E-state index contributed by atoms with van der Waals surface area (Å²) in [5.41, 5.74) is 2.28. The molecule has 1 aliphatic rings. The Kier molecular flexibility index (Phi) is 3.60. The van der Waals surface area contributed by atoms with Crippen molar-refractivity contribution in [2.75, 3.05) is 26.7 Å². The first-order valence-corrected chi connectivity index (χ1v) is 6.92. The van der Waals surface area contributed by atoms with E-state index in [0.717, 1.165) is 37.1 Å². The van der Waals surface area contributed by atoms with Gasteiger partial charge in [0.2, 0.25) is 0 Å². The number of benzene rings is 1. The summed E-state index contributed by atoms with van der Waals surface area (Å²) in [7, 11) is 1.95. The summed E-state index contributed by atoms with van der Waals surface area (Å²) in [6, 6.07) is 5.53. The summed E-state index contributed by atoms with van der Waals surface area (Å²) in [5.74, 6) is 0.653. The van der Waals surface area contributed by atoms with Crippen molar-refractivity contribution < 1.29 is 4.79 Å². The van der Waals surface area contributed by atoms with E-state index < -0.39 is 0 Å². The Morgan fingerprint density at radius 3 is 2.95 bits per heavy atom. The van der Waals surface area contributed by atoms with Crippen molar-refractivity contribution in [1.29, 1.82) is 0 Å². The minimum Gasteiger partial charge on any atom is -0.338 e. The molecule has 2 heterocycles. The summed E-state index contributed by atoms with van der Waals surface area (Å²) >= 11 is 0. The molecule has 0 spiro atoms. The van der Waals surface area contributed by atoms with E-state index in [0.29, 0.717) is 11.5 Å². The molecule has 5 heteroatoms. The Hall–Kier alpha value is -2.01. The molecule has 1 saturated heterocycles. The molecule has 1 aliphatic heterocycles. The lowest BCUT2D eigenvalue weighted by atomic mass is 10.1. The van der Waals surface area contributed by atoms with Crippen LogP contribution in [0.2, 0.25) is 0 Å². The molecule has 0 saturated carbocycles. The SMILES string of the molecule is CNCC1CCN(C(=O)c2ccc3nccnc3c2)C1. The number of nitrogens with zero attached hydrogens (tertiary/aromatic N) is 3. The molecular weight excluding hydrogens is 252 g/mol. The molecule has 1 N–H and O–H groups in total. The fourth-order valence-electron chi connectivity index (χ4n) is 2.75. The molecule has 0 aliphatic carbocycles. The van der Waals surface area contributed by atoms with Crippen LogP contribution in [0, 0.1) is 5.92 Å². The maximum Gasteiger partial charge on any atom is 0.253 e. The highest BCUT2D eigenvalue weighted by Crippen LogP contribution is 2.19. The molecule has 0 radical (unpaired) electrons. The Labute approximate surface area is 118 Å². The van der Waals surface area contributed by atoms with E-state index in [4.69, 9.17) is 0 Å². The molecular formula is C15H18N4O. The zero-order valence-electron chi connectivity index (χ0n) is 11.5. The van der Waals surface area contributed by atoms with Crippen LogP contribution in [0.1, 0.15) is 16.8 Å². The average molecular weight is 270 g/mol. The molecule has 20 heavy (non-hydrogen) atoms. The van der Waals surface area contributed by atoms with Gasteiger partial charge in [-0.1, -0.05) is 0 Å². The van der Waals surface area contributed by atoms with Crippen LogP contribution in [-0.4, -0.2) is 47.5 Å². The second kappa shape index (κ2) is 5.54. The minimum atomic E-state index is 0.0937. The normalized spacial score (nSPS) is 18.6. The number of carbonyl (C=O) groups is 1. The van der Waals surface area contributed by atoms with Crippen LogP contribution in [0.5, 0.6) is 0 Å². The zero-order chi connectivity index (χ0) is 13.9. The third-order valence-electron chi connectivity index (χ3n) is 3.78. The monoisotopic (exact) mass is 270 g/mol. The van der Waals surface area contributed by atoms with Crippen LogP contribution < -0.4 is 5.32 Å². The average Bonchev–Trinajstić information content (AvgIpc) is 2.95. The van der Waals surface area contributed by atoms with Gasteiger partial charge in [-0.2, -0.15) is 0 Å². The first-order chi connectivity index (χ1) is 9.78. The van der Waals surface area contributed by atoms with Crippen molar-refractivity contribution in [2.24, 2.45) is 5.92 Å². The van der Waals surface area contributed by atoms with Crippen LogP contribution in [0.25, 0.3) is 11.0 Å². The standard InChI is InChI=1S/C15H18N4O/c1-16-9-11-4-7-19(10-11)15(20)12-2-3-13-14(8-12)18-6-5-17-13/h2-3,5-6,8,11,16H,4,7,9-10H2,1H3. The maximum atomic E-state index is 12.5. The highest BCUT2D eigenvalue weighted by atomic mass is 16.2. The van der Waals surface area contributed by atoms with E-state index in [1.54, 1.807) is 12.4 Å². The van der Waals surface area contributed by atoms with E-state index in [9.17, 15) is 4.79 Å². The van der Waals surface area contributed by atoms with Gasteiger partial charge in [-0.25, -0.2) is 0 Å². The van der Waals surface area contributed by atoms with Crippen molar-refractivity contribution in [1.82, 2.24) is 20.2 Å². The molecule has 1 fully saturated rings. The van der Waals surface area contributed by atoms with E-state index in [1.165, 1.54) is 0 Å². The van der Waals surface area contributed by atoms with Crippen LogP contribution in [0.3, 0.4) is 0 Å². The quantitative estimate of drug-likeness (QED) is 0.913. The van der Waals surface area contributed by atoms with E-state index in [1.807, 2.05) is 30.1 Å². The number of likely N-dealkylation sites (tertiary alicyclic amines) is 1. The summed E-state index contributed by atoms with van der Waals surface area (Å²) in [6.07, 6.45) is 4.38. The Bertz CT molecular complexity index is 628. The molecule has 1 aromatic heterocycles. The summed E-state index contributed by atoms with van der Waals surface area (Å²) in [4.78, 5) is 22.9. The molecule has 104 valence electrons. The van der Waals surface area contributed by atoms with Crippen molar-refractivity contribution in [3.05, 3.63) is 36.2 Å². The Morgan fingerprint density at radius 2 is 2.15 bits per heavy atom. The number of rotatable bonds is 3. The molecule has 1 aromatic carbocycles. The largest absolute Gasteiger partial charge is 0.338 e. The Balaban J connectivity index is 1.79. The third kappa shape index (κ3) is 2.49. The van der Waals surface area contributed by atoms with Crippen molar-refractivity contribution >= 4 is 16.9 Å². The molecule has 1 atom stereocenters. The number of amides is 1. The number of aromatic nitrogens is 2. The minimum absolute atomic E-state index is 0.0937. The highest BCUT2D eigenvalue weighted by molar-refractivity contribution is 5.97. The zero-order valence-corrected chi connectivity index (χ0v) is 11.5. The fourth-order valence-corrected chi connectivity index (χ4v) is 2.75. The van der Waals surface area contributed by atoms with Crippen LogP contribution in [0.15, 0.2) is 30.6 Å². The second-order valence-electron chi connectivity index (χ2n) is 5.22. The number of hydrogen-bond donors (Lipinski definition) is 1. The predicted molar refractivity (Wildman–Crippen MR) is 77.5 cm³/mol. The van der Waals surface area contributed by atoms with Crippen LogP contribution in [-0.2, 0) is 0 Å². The second-order valence-corrected chi connectivity index (χ2v) is 5.22. The number of carbonyl (C=O) groups excluding carboxylic acids is 1. The van der Waals surface area contributed by atoms with E-state index >= 15 is 0 Å². The van der Waals surface area contributed by atoms with Crippen LogP contribution in [0.4, 0.5) is 0 Å². The van der Waals surface area contributed by atoms with Crippen molar-refractivity contribution in [2.45, 2.75) is 6.42 Å². The van der Waals surface area contributed by atoms with Gasteiger partial charge in [-0.3, -0.25) is 14.8 Å². The van der Waals surface area contributed by atoms with Gasteiger partial charge in [0, 0.05) is 31.0 Å². The van der Waals surface area contributed by atoms with Gasteiger partial charge in [0.25, 0.3) is 5.91 Å². The molecule has 2 aromatic rings. The van der Waals surface area contributed by atoms with Gasteiger partial charge in [-0.15, -0.1) is 0 Å². The van der Waals surface area contributed by atoms with Gasteiger partial charge in [0.15, 0.2) is 0 Å². The fraction of sp³-hybridized carbons (Fsp3) is 0.400. The molecule has 3 rings (SSSR count). The lowest BCUT2D eigenvalue weighted by molar-refractivity contribution is 0.0787. The van der Waals surface area contributed by atoms with Gasteiger partial charge >= 0.3 is 0 Å². The van der Waals surface area contributed by atoms with E-state index in [-0.39, 0.29) is 5.91 Å². The molecule has 0 bridgehead atoms. The predicted octanol–water partition coefficient (Wildman–Crippen LogP) is 1.31. The van der Waals surface area contributed by atoms with Gasteiger partial charge in [-0.05, 0) is 44.1 Å². The summed E-state index contributed by atoms with van der Waals surface area (Å²) in [6.45, 7) is 2.63. The van der Waals surface area contributed by atoms with Gasteiger partial charge < -0.3 is 10.2 Å². The third-order valence-corrected chi connectivity index (χ3v) is 3.78. The topological polar surface area (TPSA) is 58.1 Å². The Morgan fingerprint density at radius 1 is 1.35 bits per heavy atom. The first kappa shape index (κ1) is 13.0. The smallest absolute Gasteiger partial charge is 0.253 e. The van der Waals surface area contributed by atoms with Crippen molar-refractivity contribution in [3.63, 3.8) is 0 Å².